The van der Waals surface area contributed by atoms with E-state index in [1.54, 1.807) is 0 Å². The van der Waals surface area contributed by atoms with Gasteiger partial charge in [-0.15, -0.1) is 11.8 Å². The highest BCUT2D eigenvalue weighted by Gasteiger charge is 2.26. The van der Waals surface area contributed by atoms with Gasteiger partial charge in [-0.1, -0.05) is 51.8 Å². The molecule has 0 radical (unpaired) electrons. The first kappa shape index (κ1) is 13.0. The van der Waals surface area contributed by atoms with Crippen molar-refractivity contribution in [3.05, 3.63) is 29.8 Å². The average molecular weight is 249 g/mol. The molecule has 2 heteroatoms. The van der Waals surface area contributed by atoms with E-state index in [1.165, 1.54) is 23.3 Å². The van der Waals surface area contributed by atoms with Gasteiger partial charge in [-0.3, -0.25) is 0 Å². The molecule has 2 rings (SSSR count). The lowest BCUT2D eigenvalue weighted by molar-refractivity contribution is 0.589. The first-order chi connectivity index (χ1) is 7.96. The quantitative estimate of drug-likeness (QED) is 0.802. The van der Waals surface area contributed by atoms with Crippen LogP contribution in [0, 0.1) is 5.92 Å². The maximum absolute atomic E-state index is 6.34. The van der Waals surface area contributed by atoms with Crippen molar-refractivity contribution >= 4 is 11.8 Å². The number of benzene rings is 1. The molecule has 1 aromatic carbocycles. The summed E-state index contributed by atoms with van der Waals surface area (Å²) in [6, 6.07) is 8.84. The van der Waals surface area contributed by atoms with E-state index in [9.17, 15) is 0 Å². The first-order valence-corrected chi connectivity index (χ1v) is 7.31. The van der Waals surface area contributed by atoms with Gasteiger partial charge in [0.15, 0.2) is 0 Å². The van der Waals surface area contributed by atoms with E-state index in [1.807, 2.05) is 11.8 Å². The smallest absolute Gasteiger partial charge is 0.0308 e. The van der Waals surface area contributed by atoms with Gasteiger partial charge in [-0.2, -0.15) is 0 Å². The van der Waals surface area contributed by atoms with Crippen LogP contribution in [-0.2, 0) is 0 Å². The molecule has 0 saturated heterocycles. The molecule has 2 N–H and O–H groups in total. The molecular weight excluding hydrogens is 226 g/mol. The van der Waals surface area contributed by atoms with Crippen molar-refractivity contribution in [2.45, 2.75) is 55.7 Å². The SMILES string of the molecule is CC(C)(C)Sc1ccccc1[C@H](N)CC1CC1. The molecule has 1 aliphatic rings. The minimum atomic E-state index is 0.216. The molecule has 0 bridgehead atoms. The molecule has 0 aromatic heterocycles. The number of hydrogen-bond donors (Lipinski definition) is 1. The van der Waals surface area contributed by atoms with Crippen LogP contribution in [0.25, 0.3) is 0 Å². The Bertz CT molecular complexity index is 377. The summed E-state index contributed by atoms with van der Waals surface area (Å²) < 4.78 is 0.245. The lowest BCUT2D eigenvalue weighted by atomic mass is 10.0. The van der Waals surface area contributed by atoms with Crippen LogP contribution in [0.3, 0.4) is 0 Å². The molecule has 94 valence electrons. The van der Waals surface area contributed by atoms with E-state index < -0.39 is 0 Å². The zero-order valence-electron chi connectivity index (χ0n) is 11.1. The lowest BCUT2D eigenvalue weighted by Gasteiger charge is -2.22. The average Bonchev–Trinajstić information content (AvgIpc) is 3.00. The molecule has 0 unspecified atom stereocenters. The second-order valence-corrected chi connectivity index (χ2v) is 7.91. The third-order valence-corrected chi connectivity index (χ3v) is 4.22. The minimum Gasteiger partial charge on any atom is -0.324 e. The van der Waals surface area contributed by atoms with E-state index in [2.05, 4.69) is 45.0 Å². The molecule has 0 amide bonds. The molecule has 1 aliphatic carbocycles. The largest absolute Gasteiger partial charge is 0.324 e. The predicted octanol–water partition coefficient (Wildman–Crippen LogP) is 4.38. The monoisotopic (exact) mass is 249 g/mol. The van der Waals surface area contributed by atoms with Crippen LogP contribution in [0.15, 0.2) is 29.2 Å². The molecular formula is C15H23NS. The summed E-state index contributed by atoms with van der Waals surface area (Å²) in [6.45, 7) is 6.75. The van der Waals surface area contributed by atoms with E-state index in [0.717, 1.165) is 12.3 Å². The Labute approximate surface area is 109 Å². The Balaban J connectivity index is 2.13. The lowest BCUT2D eigenvalue weighted by Crippen LogP contribution is -2.14. The molecule has 1 atom stereocenters. The van der Waals surface area contributed by atoms with Crippen molar-refractivity contribution in [2.24, 2.45) is 11.7 Å². The van der Waals surface area contributed by atoms with Crippen LogP contribution in [-0.4, -0.2) is 4.75 Å². The van der Waals surface area contributed by atoms with Crippen molar-refractivity contribution in [2.75, 3.05) is 0 Å². The second kappa shape index (κ2) is 5.03. The van der Waals surface area contributed by atoms with Gasteiger partial charge in [0.25, 0.3) is 0 Å². The van der Waals surface area contributed by atoms with Gasteiger partial charge in [0.2, 0.25) is 0 Å². The van der Waals surface area contributed by atoms with E-state index >= 15 is 0 Å². The van der Waals surface area contributed by atoms with Crippen molar-refractivity contribution in [3.63, 3.8) is 0 Å². The zero-order chi connectivity index (χ0) is 12.5. The van der Waals surface area contributed by atoms with Crippen molar-refractivity contribution < 1.29 is 0 Å². The molecule has 17 heavy (non-hydrogen) atoms. The summed E-state index contributed by atoms with van der Waals surface area (Å²) in [5, 5.41) is 0. The van der Waals surface area contributed by atoms with Gasteiger partial charge < -0.3 is 5.73 Å². The van der Waals surface area contributed by atoms with Crippen molar-refractivity contribution in [1.29, 1.82) is 0 Å². The molecule has 0 spiro atoms. The highest BCUT2D eigenvalue weighted by Crippen LogP contribution is 2.40. The Morgan fingerprint density at radius 2 is 1.94 bits per heavy atom. The Morgan fingerprint density at radius 3 is 2.53 bits per heavy atom. The normalized spacial score (nSPS) is 18.1. The molecule has 1 aromatic rings. The summed E-state index contributed by atoms with van der Waals surface area (Å²) in [4.78, 5) is 1.35. The molecule has 1 saturated carbocycles. The Morgan fingerprint density at radius 1 is 1.29 bits per heavy atom. The van der Waals surface area contributed by atoms with E-state index in [4.69, 9.17) is 5.73 Å². The predicted molar refractivity (Wildman–Crippen MR) is 76.3 cm³/mol. The van der Waals surface area contributed by atoms with Crippen LogP contribution in [0.4, 0.5) is 0 Å². The fourth-order valence-corrected chi connectivity index (χ4v) is 3.19. The first-order valence-electron chi connectivity index (χ1n) is 6.49. The molecule has 1 fully saturated rings. The molecule has 0 heterocycles. The Hall–Kier alpha value is -0.470. The zero-order valence-corrected chi connectivity index (χ0v) is 11.9. The van der Waals surface area contributed by atoms with Gasteiger partial charge in [0.05, 0.1) is 0 Å². The van der Waals surface area contributed by atoms with Gasteiger partial charge in [0, 0.05) is 15.7 Å². The highest BCUT2D eigenvalue weighted by atomic mass is 32.2. The summed E-state index contributed by atoms with van der Waals surface area (Å²) in [5.41, 5.74) is 7.67. The topological polar surface area (TPSA) is 26.0 Å². The van der Waals surface area contributed by atoms with Crippen LogP contribution >= 0.6 is 11.8 Å². The summed E-state index contributed by atoms with van der Waals surface area (Å²) in [6.07, 6.45) is 3.91. The number of rotatable bonds is 4. The third kappa shape index (κ3) is 4.04. The van der Waals surface area contributed by atoms with Crippen LogP contribution < -0.4 is 5.73 Å². The second-order valence-electron chi connectivity index (χ2n) is 6.04. The summed E-state index contributed by atoms with van der Waals surface area (Å²) in [7, 11) is 0. The van der Waals surface area contributed by atoms with Gasteiger partial charge in [-0.25, -0.2) is 0 Å². The fourth-order valence-electron chi connectivity index (χ4n) is 2.05. The number of nitrogens with two attached hydrogens (primary N) is 1. The van der Waals surface area contributed by atoms with Crippen LogP contribution in [0.5, 0.6) is 0 Å². The minimum absolute atomic E-state index is 0.216. The van der Waals surface area contributed by atoms with E-state index in [0.29, 0.717) is 0 Å². The summed E-state index contributed by atoms with van der Waals surface area (Å²) >= 11 is 1.92. The van der Waals surface area contributed by atoms with E-state index in [-0.39, 0.29) is 10.8 Å². The van der Waals surface area contributed by atoms with Gasteiger partial charge in [-0.05, 0) is 24.0 Å². The standard InChI is InChI=1S/C15H23NS/c1-15(2,3)17-14-7-5-4-6-12(14)13(16)10-11-8-9-11/h4-7,11,13H,8-10,16H2,1-3H3/t13-/m1/s1. The highest BCUT2D eigenvalue weighted by molar-refractivity contribution is 8.00. The third-order valence-electron chi connectivity index (χ3n) is 3.02. The number of hydrogen-bond acceptors (Lipinski definition) is 2. The fraction of sp³-hybridized carbons (Fsp3) is 0.600. The van der Waals surface area contributed by atoms with Gasteiger partial charge >= 0.3 is 0 Å². The van der Waals surface area contributed by atoms with Crippen molar-refractivity contribution in [1.82, 2.24) is 0 Å². The molecule has 0 aliphatic heterocycles. The maximum atomic E-state index is 6.34. The molecule has 1 nitrogen and oxygen atoms in total. The van der Waals surface area contributed by atoms with Crippen LogP contribution in [0.2, 0.25) is 0 Å². The van der Waals surface area contributed by atoms with Crippen LogP contribution in [0.1, 0.15) is 51.6 Å². The maximum Gasteiger partial charge on any atom is 0.0308 e. The summed E-state index contributed by atoms with van der Waals surface area (Å²) in [5.74, 6) is 0.887. The Kier molecular flexibility index (Phi) is 3.84. The number of thioether (sulfide) groups is 1. The van der Waals surface area contributed by atoms with Gasteiger partial charge in [0.1, 0.15) is 0 Å². The van der Waals surface area contributed by atoms with Crippen molar-refractivity contribution in [3.8, 4) is 0 Å².